The summed E-state index contributed by atoms with van der Waals surface area (Å²) in [7, 11) is 1.70. The fraction of sp³-hybridized carbons (Fsp3) is 0.364. The van der Waals surface area contributed by atoms with Crippen molar-refractivity contribution in [1.82, 2.24) is 24.8 Å². The van der Waals surface area contributed by atoms with Gasteiger partial charge in [0, 0.05) is 31.4 Å². The first-order chi connectivity index (χ1) is 14.0. The van der Waals surface area contributed by atoms with Crippen LogP contribution in [0.4, 0.5) is 0 Å². The highest BCUT2D eigenvalue weighted by Gasteiger charge is 2.22. The Morgan fingerprint density at radius 1 is 1.14 bits per heavy atom. The van der Waals surface area contributed by atoms with E-state index in [2.05, 4.69) is 39.8 Å². The number of ether oxygens (including phenoxy) is 1. The van der Waals surface area contributed by atoms with Gasteiger partial charge in [0.05, 0.1) is 24.7 Å². The Hall–Kier alpha value is -3.06. The first kappa shape index (κ1) is 19.3. The molecule has 7 heteroatoms. The third kappa shape index (κ3) is 3.78. The van der Waals surface area contributed by atoms with Crippen molar-refractivity contribution < 1.29 is 4.74 Å². The van der Waals surface area contributed by atoms with Crippen molar-refractivity contribution in [1.29, 1.82) is 0 Å². The number of methoxy groups -OCH3 is 1. The minimum Gasteiger partial charge on any atom is -0.496 e. The van der Waals surface area contributed by atoms with Crippen LogP contribution < -0.4 is 10.3 Å². The average molecular weight is 391 g/mol. The summed E-state index contributed by atoms with van der Waals surface area (Å²) in [5.41, 5.74) is 6.58. The molecule has 0 amide bonds. The van der Waals surface area contributed by atoms with Gasteiger partial charge in [0.25, 0.3) is 5.56 Å². The SMILES string of the molecule is COc1ccc(CN2CCc3c(nc(-c4cnc(C)cn4)[nH]c3=O)C2)c(C)c1C. The van der Waals surface area contributed by atoms with Gasteiger partial charge in [-0.15, -0.1) is 0 Å². The van der Waals surface area contributed by atoms with E-state index in [4.69, 9.17) is 9.72 Å². The van der Waals surface area contributed by atoms with E-state index in [-0.39, 0.29) is 5.56 Å². The Labute approximate surface area is 169 Å². The van der Waals surface area contributed by atoms with E-state index in [9.17, 15) is 4.79 Å². The predicted molar refractivity (Wildman–Crippen MR) is 111 cm³/mol. The number of aromatic amines is 1. The lowest BCUT2D eigenvalue weighted by atomic mass is 10.0. The fourth-order valence-corrected chi connectivity index (χ4v) is 3.75. The number of benzene rings is 1. The maximum atomic E-state index is 12.6. The number of nitrogens with zero attached hydrogens (tertiary/aromatic N) is 4. The third-order valence-electron chi connectivity index (χ3n) is 5.64. The molecule has 3 aromatic rings. The number of hydrogen-bond acceptors (Lipinski definition) is 6. The second-order valence-corrected chi connectivity index (χ2v) is 7.52. The largest absolute Gasteiger partial charge is 0.496 e. The number of aryl methyl sites for hydroxylation is 1. The molecule has 0 bridgehead atoms. The van der Waals surface area contributed by atoms with E-state index >= 15 is 0 Å². The molecule has 29 heavy (non-hydrogen) atoms. The zero-order valence-corrected chi connectivity index (χ0v) is 17.2. The maximum absolute atomic E-state index is 12.6. The molecule has 0 spiro atoms. The second kappa shape index (κ2) is 7.75. The minimum atomic E-state index is -0.0801. The molecular weight excluding hydrogens is 366 g/mol. The molecule has 0 radical (unpaired) electrons. The van der Waals surface area contributed by atoms with Crippen LogP contribution in [0.5, 0.6) is 5.75 Å². The smallest absolute Gasteiger partial charge is 0.254 e. The molecule has 1 N–H and O–H groups in total. The highest BCUT2D eigenvalue weighted by Crippen LogP contribution is 2.26. The van der Waals surface area contributed by atoms with Crippen molar-refractivity contribution in [3.05, 3.63) is 68.5 Å². The minimum absolute atomic E-state index is 0.0801. The summed E-state index contributed by atoms with van der Waals surface area (Å²) in [5.74, 6) is 1.38. The van der Waals surface area contributed by atoms with Crippen molar-refractivity contribution >= 4 is 0 Å². The van der Waals surface area contributed by atoms with Gasteiger partial charge in [-0.25, -0.2) is 9.97 Å². The molecule has 3 heterocycles. The molecule has 0 aliphatic carbocycles. The molecule has 0 fully saturated rings. The maximum Gasteiger partial charge on any atom is 0.254 e. The third-order valence-corrected chi connectivity index (χ3v) is 5.64. The van der Waals surface area contributed by atoms with Crippen LogP contribution in [0, 0.1) is 20.8 Å². The van der Waals surface area contributed by atoms with Crippen molar-refractivity contribution in [3.8, 4) is 17.3 Å². The first-order valence-corrected chi connectivity index (χ1v) is 9.72. The van der Waals surface area contributed by atoms with Crippen LogP contribution in [-0.4, -0.2) is 38.5 Å². The van der Waals surface area contributed by atoms with E-state index in [0.717, 1.165) is 41.4 Å². The predicted octanol–water partition coefficient (Wildman–Crippen LogP) is 2.72. The number of fused-ring (bicyclic) bond motifs is 1. The highest BCUT2D eigenvalue weighted by atomic mass is 16.5. The number of nitrogens with one attached hydrogen (secondary N) is 1. The van der Waals surface area contributed by atoms with Crippen molar-refractivity contribution in [2.75, 3.05) is 13.7 Å². The van der Waals surface area contributed by atoms with Crippen LogP contribution in [0.2, 0.25) is 0 Å². The summed E-state index contributed by atoms with van der Waals surface area (Å²) < 4.78 is 5.42. The van der Waals surface area contributed by atoms with Crippen LogP contribution in [0.15, 0.2) is 29.3 Å². The Bertz CT molecular complexity index is 1110. The van der Waals surface area contributed by atoms with Crippen molar-refractivity contribution in [2.45, 2.75) is 40.3 Å². The number of H-pyrrole nitrogens is 1. The highest BCUT2D eigenvalue weighted by molar-refractivity contribution is 5.48. The summed E-state index contributed by atoms with van der Waals surface area (Å²) in [6, 6.07) is 4.14. The molecule has 0 saturated carbocycles. The Morgan fingerprint density at radius 3 is 2.69 bits per heavy atom. The van der Waals surface area contributed by atoms with Gasteiger partial charge in [-0.3, -0.25) is 14.7 Å². The van der Waals surface area contributed by atoms with Crippen LogP contribution >= 0.6 is 0 Å². The second-order valence-electron chi connectivity index (χ2n) is 7.52. The van der Waals surface area contributed by atoms with Gasteiger partial charge in [0.15, 0.2) is 5.82 Å². The van der Waals surface area contributed by atoms with E-state index in [1.165, 1.54) is 11.1 Å². The van der Waals surface area contributed by atoms with Gasteiger partial charge in [0.1, 0.15) is 11.4 Å². The topological polar surface area (TPSA) is 84.0 Å². The summed E-state index contributed by atoms with van der Waals surface area (Å²) in [5, 5.41) is 0. The van der Waals surface area contributed by atoms with Crippen LogP contribution in [0.3, 0.4) is 0 Å². The molecule has 2 aromatic heterocycles. The molecule has 1 aliphatic rings. The van der Waals surface area contributed by atoms with E-state index in [1.54, 1.807) is 19.5 Å². The molecular formula is C22H25N5O2. The fourth-order valence-electron chi connectivity index (χ4n) is 3.75. The van der Waals surface area contributed by atoms with E-state index in [1.807, 2.05) is 13.0 Å². The van der Waals surface area contributed by atoms with Gasteiger partial charge in [-0.05, 0) is 49.9 Å². The zero-order chi connectivity index (χ0) is 20.5. The normalized spacial score (nSPS) is 13.9. The van der Waals surface area contributed by atoms with Gasteiger partial charge in [-0.1, -0.05) is 6.07 Å². The van der Waals surface area contributed by atoms with Crippen LogP contribution in [0.1, 0.15) is 33.6 Å². The molecule has 7 nitrogen and oxygen atoms in total. The molecule has 4 rings (SSSR count). The number of hydrogen-bond donors (Lipinski definition) is 1. The molecule has 0 unspecified atom stereocenters. The standard InChI is InChI=1S/C22H25N5O2/c1-13-9-24-18(10-23-13)21-25-19-12-27(8-7-17(19)22(28)26-21)11-16-5-6-20(29-4)15(3)14(16)2/h5-6,9-10H,7-8,11-12H2,1-4H3,(H,25,26,28). The van der Waals surface area contributed by atoms with Crippen LogP contribution in [0.25, 0.3) is 11.5 Å². The van der Waals surface area contributed by atoms with E-state index in [0.29, 0.717) is 24.5 Å². The first-order valence-electron chi connectivity index (χ1n) is 9.72. The quantitative estimate of drug-likeness (QED) is 0.736. The van der Waals surface area contributed by atoms with Gasteiger partial charge >= 0.3 is 0 Å². The van der Waals surface area contributed by atoms with E-state index < -0.39 is 0 Å². The Kier molecular flexibility index (Phi) is 5.15. The summed E-state index contributed by atoms with van der Waals surface area (Å²) in [4.78, 5) is 31.1. The van der Waals surface area contributed by atoms with Gasteiger partial charge in [-0.2, -0.15) is 0 Å². The summed E-state index contributed by atoms with van der Waals surface area (Å²) >= 11 is 0. The monoisotopic (exact) mass is 391 g/mol. The number of rotatable bonds is 4. The molecule has 1 aliphatic heterocycles. The Balaban J connectivity index is 1.60. The lowest BCUT2D eigenvalue weighted by Gasteiger charge is -2.28. The van der Waals surface area contributed by atoms with Gasteiger partial charge in [0.2, 0.25) is 0 Å². The lowest BCUT2D eigenvalue weighted by molar-refractivity contribution is 0.240. The van der Waals surface area contributed by atoms with Crippen LogP contribution in [-0.2, 0) is 19.5 Å². The molecule has 0 saturated heterocycles. The zero-order valence-electron chi connectivity index (χ0n) is 17.2. The van der Waals surface area contributed by atoms with Crippen molar-refractivity contribution in [2.24, 2.45) is 0 Å². The van der Waals surface area contributed by atoms with Crippen molar-refractivity contribution in [3.63, 3.8) is 0 Å². The summed E-state index contributed by atoms with van der Waals surface area (Å²) in [6.07, 6.45) is 4.01. The molecule has 1 aromatic carbocycles. The summed E-state index contributed by atoms with van der Waals surface area (Å²) in [6.45, 7) is 8.36. The lowest BCUT2D eigenvalue weighted by Crippen LogP contribution is -2.35. The average Bonchev–Trinajstić information content (AvgIpc) is 2.72. The number of aromatic nitrogens is 4. The molecule has 0 atom stereocenters. The van der Waals surface area contributed by atoms with Gasteiger partial charge < -0.3 is 9.72 Å². The molecule has 150 valence electrons. The Morgan fingerprint density at radius 2 is 1.97 bits per heavy atom.